The molecule has 1 nitrogen and oxygen atoms in total. The van der Waals surface area contributed by atoms with Crippen molar-refractivity contribution < 1.29 is 0 Å². The van der Waals surface area contributed by atoms with Gasteiger partial charge in [0.2, 0.25) is 0 Å². The topological polar surface area (TPSA) is 4.93 Å². The average Bonchev–Trinajstić information content (AvgIpc) is 3.45. The normalized spacial score (nSPS) is 11.7. The van der Waals surface area contributed by atoms with Crippen molar-refractivity contribution in [2.45, 2.75) is 52.0 Å². The largest absolute Gasteiger partial charge is 0.340 e. The van der Waals surface area contributed by atoms with Gasteiger partial charge >= 0.3 is 0 Å². The van der Waals surface area contributed by atoms with Gasteiger partial charge in [-0.05, 0) is 79.5 Å². The zero-order chi connectivity index (χ0) is 31.6. The first kappa shape index (κ1) is 29.3. The summed E-state index contributed by atoms with van der Waals surface area (Å²) in [6, 6.07) is 53.9. The van der Waals surface area contributed by atoms with E-state index in [4.69, 9.17) is 0 Å². The van der Waals surface area contributed by atoms with Crippen LogP contribution in [0.3, 0.4) is 0 Å². The van der Waals surface area contributed by atoms with Crippen molar-refractivity contribution in [1.29, 1.82) is 0 Å². The van der Waals surface area contributed by atoms with Gasteiger partial charge in [0, 0.05) is 28.4 Å². The number of aromatic nitrogens is 1. The number of hydrogen-bond donors (Lipinski definition) is 0. The molecule has 0 spiro atoms. The molecule has 0 saturated heterocycles. The van der Waals surface area contributed by atoms with E-state index in [1.165, 1.54) is 115 Å². The molecule has 7 aromatic carbocycles. The van der Waals surface area contributed by atoms with Gasteiger partial charge in [-0.1, -0.05) is 166 Å². The van der Waals surface area contributed by atoms with Crippen LogP contribution in [0, 0.1) is 0 Å². The highest BCUT2D eigenvalue weighted by molar-refractivity contribution is 6.21. The predicted molar refractivity (Wildman–Crippen MR) is 204 cm³/mol. The molecule has 1 aromatic heterocycles. The molecule has 0 radical (unpaired) electrons. The second kappa shape index (κ2) is 12.9. The van der Waals surface area contributed by atoms with Gasteiger partial charge in [0.1, 0.15) is 0 Å². The Morgan fingerprint density at radius 2 is 0.851 bits per heavy atom. The quantitative estimate of drug-likeness (QED) is 0.108. The van der Waals surface area contributed by atoms with Gasteiger partial charge in [-0.2, -0.15) is 0 Å². The van der Waals surface area contributed by atoms with Crippen LogP contribution < -0.4 is 0 Å². The van der Waals surface area contributed by atoms with E-state index in [-0.39, 0.29) is 0 Å². The van der Waals surface area contributed by atoms with E-state index in [2.05, 4.69) is 157 Å². The molecule has 230 valence electrons. The molecular formula is C46H41N. The summed E-state index contributed by atoms with van der Waals surface area (Å²) < 4.78 is 2.55. The van der Waals surface area contributed by atoms with E-state index in [9.17, 15) is 0 Å². The second-order valence-electron chi connectivity index (χ2n) is 13.0. The van der Waals surface area contributed by atoms with E-state index in [1.54, 1.807) is 0 Å². The van der Waals surface area contributed by atoms with E-state index in [1.807, 2.05) is 0 Å². The zero-order valence-corrected chi connectivity index (χ0v) is 27.3. The lowest BCUT2D eigenvalue weighted by atomic mass is 9.85. The van der Waals surface area contributed by atoms with Crippen LogP contribution >= 0.6 is 0 Å². The van der Waals surface area contributed by atoms with Gasteiger partial charge in [0.25, 0.3) is 0 Å². The lowest BCUT2D eigenvalue weighted by molar-refractivity contribution is 0.571. The van der Waals surface area contributed by atoms with Gasteiger partial charge in [-0.15, -0.1) is 0 Å². The Kier molecular flexibility index (Phi) is 8.05. The molecule has 0 aliphatic carbocycles. The first-order valence-corrected chi connectivity index (χ1v) is 17.4. The van der Waals surface area contributed by atoms with Gasteiger partial charge in [0.05, 0.1) is 0 Å². The maximum Gasteiger partial charge on any atom is 0.0491 e. The Morgan fingerprint density at radius 1 is 0.362 bits per heavy atom. The molecule has 47 heavy (non-hydrogen) atoms. The fourth-order valence-corrected chi connectivity index (χ4v) is 7.70. The smallest absolute Gasteiger partial charge is 0.0491 e. The Morgan fingerprint density at radius 3 is 1.53 bits per heavy atom. The molecular weight excluding hydrogens is 567 g/mol. The lowest BCUT2D eigenvalue weighted by Gasteiger charge is -2.18. The number of nitrogens with zero attached hydrogens (tertiary/aromatic N) is 1. The molecule has 0 aliphatic heterocycles. The van der Waals surface area contributed by atoms with E-state index in [0.29, 0.717) is 0 Å². The number of aryl methyl sites for hydroxylation is 1. The first-order valence-electron chi connectivity index (χ1n) is 17.4. The Labute approximate surface area is 278 Å². The fourth-order valence-electron chi connectivity index (χ4n) is 7.70. The predicted octanol–water partition coefficient (Wildman–Crippen LogP) is 13.5. The molecule has 1 heteroatoms. The van der Waals surface area contributed by atoms with Crippen molar-refractivity contribution in [2.24, 2.45) is 0 Å². The molecule has 8 rings (SSSR count). The molecule has 0 N–H and O–H groups in total. The summed E-state index contributed by atoms with van der Waals surface area (Å²) in [5.41, 5.74) is 10.3. The van der Waals surface area contributed by atoms with E-state index < -0.39 is 0 Å². The summed E-state index contributed by atoms with van der Waals surface area (Å²) in [5, 5.41) is 7.87. The van der Waals surface area contributed by atoms with Crippen LogP contribution in [0.25, 0.3) is 76.7 Å². The third-order valence-corrected chi connectivity index (χ3v) is 10.0. The van der Waals surface area contributed by atoms with Gasteiger partial charge < -0.3 is 4.57 Å². The lowest BCUT2D eigenvalue weighted by Crippen LogP contribution is -1.97. The van der Waals surface area contributed by atoms with Crippen LogP contribution in [0.5, 0.6) is 0 Å². The SMILES string of the molecule is CCCCCCCCn1c2ccccc2c2cc(-c3ccc(-c4c(-c5ccccc5)c5ccccc5c5ccccc45)cc3)ccc21. The van der Waals surface area contributed by atoms with Crippen molar-refractivity contribution in [3.63, 3.8) is 0 Å². The molecule has 0 bridgehead atoms. The highest BCUT2D eigenvalue weighted by Gasteiger charge is 2.18. The number of rotatable bonds is 10. The Hall–Kier alpha value is -5.14. The Balaban J connectivity index is 1.20. The van der Waals surface area contributed by atoms with Crippen molar-refractivity contribution in [3.05, 3.63) is 146 Å². The molecule has 0 amide bonds. The summed E-state index contributed by atoms with van der Waals surface area (Å²) >= 11 is 0. The Bertz CT molecular complexity index is 2320. The third kappa shape index (κ3) is 5.40. The molecule has 8 aromatic rings. The number of hydrogen-bond acceptors (Lipinski definition) is 0. The van der Waals surface area contributed by atoms with Crippen LogP contribution in [0.2, 0.25) is 0 Å². The monoisotopic (exact) mass is 607 g/mol. The molecule has 0 unspecified atom stereocenters. The minimum Gasteiger partial charge on any atom is -0.340 e. The second-order valence-corrected chi connectivity index (χ2v) is 13.0. The van der Waals surface area contributed by atoms with Crippen molar-refractivity contribution >= 4 is 43.4 Å². The van der Waals surface area contributed by atoms with Crippen LogP contribution in [0.4, 0.5) is 0 Å². The van der Waals surface area contributed by atoms with Gasteiger partial charge in [-0.25, -0.2) is 0 Å². The van der Waals surface area contributed by atoms with Crippen LogP contribution in [0.15, 0.2) is 146 Å². The van der Waals surface area contributed by atoms with Crippen molar-refractivity contribution in [2.75, 3.05) is 0 Å². The van der Waals surface area contributed by atoms with Crippen molar-refractivity contribution in [3.8, 4) is 33.4 Å². The standard InChI is InChI=1S/C46H41N/c1-2-3-4-5-6-16-31-47-43-24-15-14-21-39(43)42-32-36(29-30-44(42)47)33-25-27-35(28-26-33)46-41-23-13-11-20-38(41)37-19-10-12-22-40(37)45(46)34-17-8-7-9-18-34/h7-15,17-30,32H,2-6,16,31H2,1H3. The summed E-state index contributed by atoms with van der Waals surface area (Å²) in [5.74, 6) is 0. The molecule has 0 saturated carbocycles. The van der Waals surface area contributed by atoms with Gasteiger partial charge in [-0.3, -0.25) is 0 Å². The van der Waals surface area contributed by atoms with Crippen LogP contribution in [-0.2, 0) is 6.54 Å². The fraction of sp³-hybridized carbons (Fsp3) is 0.174. The summed E-state index contributed by atoms with van der Waals surface area (Å²) in [6.45, 7) is 3.36. The van der Waals surface area contributed by atoms with Crippen LogP contribution in [0.1, 0.15) is 45.4 Å². The van der Waals surface area contributed by atoms with Crippen LogP contribution in [-0.4, -0.2) is 4.57 Å². The third-order valence-electron chi connectivity index (χ3n) is 10.0. The van der Waals surface area contributed by atoms with E-state index in [0.717, 1.165) is 6.54 Å². The summed E-state index contributed by atoms with van der Waals surface area (Å²) in [6.07, 6.45) is 7.88. The van der Waals surface area contributed by atoms with E-state index >= 15 is 0 Å². The highest BCUT2D eigenvalue weighted by Crippen LogP contribution is 2.45. The molecule has 0 fully saturated rings. The minimum absolute atomic E-state index is 1.08. The first-order chi connectivity index (χ1) is 23.3. The maximum atomic E-state index is 2.55. The average molecular weight is 608 g/mol. The number of para-hydroxylation sites is 1. The molecule has 0 aliphatic rings. The zero-order valence-electron chi connectivity index (χ0n) is 27.3. The van der Waals surface area contributed by atoms with Gasteiger partial charge in [0.15, 0.2) is 0 Å². The summed E-state index contributed by atoms with van der Waals surface area (Å²) in [4.78, 5) is 0. The molecule has 0 atom stereocenters. The number of unbranched alkanes of at least 4 members (excludes halogenated alkanes) is 5. The molecule has 1 heterocycles. The number of fused-ring (bicyclic) bond motifs is 6. The highest BCUT2D eigenvalue weighted by atomic mass is 15.0. The maximum absolute atomic E-state index is 2.55. The minimum atomic E-state index is 1.08. The summed E-state index contributed by atoms with van der Waals surface area (Å²) in [7, 11) is 0. The van der Waals surface area contributed by atoms with Crippen molar-refractivity contribution in [1.82, 2.24) is 4.57 Å². The number of benzene rings is 7.